The first-order chi connectivity index (χ1) is 17.6. The maximum Gasteiger partial charge on any atom is 0.206 e. The molecule has 0 radical (unpaired) electrons. The Morgan fingerprint density at radius 1 is 0.944 bits per heavy atom. The first kappa shape index (κ1) is 22.7. The van der Waals surface area contributed by atoms with Gasteiger partial charge >= 0.3 is 0 Å². The van der Waals surface area contributed by atoms with E-state index >= 15 is 0 Å². The largest absolute Gasteiger partial charge is 0.494 e. The zero-order chi connectivity index (χ0) is 24.8. The molecule has 0 N–H and O–H groups in total. The van der Waals surface area contributed by atoms with Crippen LogP contribution in [-0.2, 0) is 11.3 Å². The molecule has 0 aliphatic carbocycles. The highest BCUT2D eigenvalue weighted by atomic mass is 19.1. The highest BCUT2D eigenvalue weighted by Gasteiger charge is 2.30. The van der Waals surface area contributed by atoms with Gasteiger partial charge in [0.2, 0.25) is 5.82 Å². The number of rotatable bonds is 5. The van der Waals surface area contributed by atoms with Crippen LogP contribution in [0.1, 0.15) is 35.6 Å². The number of nitrogens with zero attached hydrogens (tertiary/aromatic N) is 2. The molecule has 3 aromatic carbocycles. The van der Waals surface area contributed by atoms with Crippen LogP contribution >= 0.6 is 0 Å². The molecule has 3 heterocycles. The molecule has 2 aliphatic heterocycles. The third-order valence-corrected chi connectivity index (χ3v) is 7.18. The molecule has 2 aliphatic rings. The highest BCUT2D eigenvalue weighted by Crippen LogP contribution is 2.46. The molecule has 4 aromatic rings. The average Bonchev–Trinajstić information content (AvgIpc) is 3.50. The lowest BCUT2D eigenvalue weighted by Crippen LogP contribution is -2.17. The van der Waals surface area contributed by atoms with Gasteiger partial charge in [0, 0.05) is 47.7 Å². The summed E-state index contributed by atoms with van der Waals surface area (Å²) in [7, 11) is 2.90. The van der Waals surface area contributed by atoms with E-state index in [4.69, 9.17) is 14.2 Å². The minimum atomic E-state index is -0.534. The highest BCUT2D eigenvalue weighted by molar-refractivity contribution is 6.03. The Hall–Kier alpha value is -3.71. The van der Waals surface area contributed by atoms with Crippen LogP contribution in [-0.4, -0.2) is 38.2 Å². The van der Waals surface area contributed by atoms with E-state index in [0.29, 0.717) is 19.8 Å². The molecule has 36 heavy (non-hydrogen) atoms. The van der Waals surface area contributed by atoms with Crippen LogP contribution in [0, 0.1) is 11.6 Å². The number of halogens is 2. The summed E-state index contributed by atoms with van der Waals surface area (Å²) in [5.74, 6) is -0.391. The smallest absolute Gasteiger partial charge is 0.206 e. The Morgan fingerprint density at radius 2 is 1.64 bits per heavy atom. The van der Waals surface area contributed by atoms with Gasteiger partial charge in [-0.25, -0.2) is 4.39 Å². The van der Waals surface area contributed by atoms with Crippen LogP contribution in [0.15, 0.2) is 53.5 Å². The molecule has 5 nitrogen and oxygen atoms in total. The number of hydrogen-bond acceptors (Lipinski definition) is 4. The van der Waals surface area contributed by atoms with Crippen LogP contribution in [0.4, 0.5) is 8.78 Å². The van der Waals surface area contributed by atoms with Crippen LogP contribution in [0.25, 0.3) is 27.7 Å². The van der Waals surface area contributed by atoms with Crippen molar-refractivity contribution in [1.82, 2.24) is 4.57 Å². The summed E-state index contributed by atoms with van der Waals surface area (Å²) in [6, 6.07) is 14.3. The van der Waals surface area contributed by atoms with E-state index in [1.165, 1.54) is 26.4 Å². The molecular weight excluding hydrogens is 462 g/mol. The Bertz CT molecular complexity index is 1460. The third-order valence-electron chi connectivity index (χ3n) is 7.18. The quantitative estimate of drug-likeness (QED) is 0.326. The van der Waals surface area contributed by atoms with Crippen LogP contribution in [0.2, 0.25) is 0 Å². The Kier molecular flexibility index (Phi) is 5.72. The third kappa shape index (κ3) is 3.66. The van der Waals surface area contributed by atoms with Crippen molar-refractivity contribution in [1.29, 1.82) is 0 Å². The number of hydrogen-bond donors (Lipinski definition) is 0. The lowest BCUT2D eigenvalue weighted by molar-refractivity contribution is 0.0843. The molecule has 6 rings (SSSR count). The summed E-state index contributed by atoms with van der Waals surface area (Å²) in [5, 5.41) is 1.03. The van der Waals surface area contributed by atoms with E-state index in [9.17, 15) is 8.78 Å². The van der Waals surface area contributed by atoms with Crippen molar-refractivity contribution in [3.05, 3.63) is 77.0 Å². The van der Waals surface area contributed by atoms with Crippen molar-refractivity contribution >= 4 is 17.1 Å². The van der Waals surface area contributed by atoms with Gasteiger partial charge in [0.15, 0.2) is 11.5 Å². The maximum absolute atomic E-state index is 14.9. The monoisotopic (exact) mass is 488 g/mol. The molecule has 1 saturated heterocycles. The second-order valence-electron chi connectivity index (χ2n) is 9.19. The Morgan fingerprint density at radius 3 is 2.31 bits per heavy atom. The molecule has 0 bridgehead atoms. The first-order valence-electron chi connectivity index (χ1n) is 12.1. The Labute approximate surface area is 207 Å². The second kappa shape index (κ2) is 9.06. The molecule has 0 atom stereocenters. The molecule has 0 amide bonds. The predicted molar refractivity (Wildman–Crippen MR) is 136 cm³/mol. The molecule has 1 fully saturated rings. The van der Waals surface area contributed by atoms with Gasteiger partial charge in [-0.05, 0) is 78.1 Å². The fourth-order valence-electron chi connectivity index (χ4n) is 5.46. The van der Waals surface area contributed by atoms with Gasteiger partial charge in [-0.15, -0.1) is 0 Å². The van der Waals surface area contributed by atoms with Gasteiger partial charge in [-0.1, -0.05) is 0 Å². The minimum absolute atomic E-state index is 0.120. The molecular formula is C29H26F2N2O3. The minimum Gasteiger partial charge on any atom is -0.494 e. The fourth-order valence-corrected chi connectivity index (χ4v) is 5.46. The number of aromatic nitrogens is 1. The fraction of sp³-hybridized carbons (Fsp3) is 0.276. The zero-order valence-electron chi connectivity index (χ0n) is 20.2. The van der Waals surface area contributed by atoms with E-state index in [2.05, 4.69) is 21.7 Å². The number of aliphatic imine (C=N–C) groups is 1. The van der Waals surface area contributed by atoms with Crippen molar-refractivity contribution in [2.45, 2.75) is 25.3 Å². The van der Waals surface area contributed by atoms with Crippen LogP contribution < -0.4 is 9.47 Å². The maximum atomic E-state index is 14.9. The SMILES string of the molecule is COc1cc(-c2c(C3CCOCC3)n(-c3ccc(F)cc3)c3cc4c(cc23)CN=C4)cc(OC)c1F. The van der Waals surface area contributed by atoms with Crippen molar-refractivity contribution in [3.8, 4) is 28.3 Å². The van der Waals surface area contributed by atoms with Gasteiger partial charge in [-0.2, -0.15) is 4.39 Å². The van der Waals surface area contributed by atoms with E-state index < -0.39 is 5.82 Å². The van der Waals surface area contributed by atoms with Gasteiger partial charge in [0.25, 0.3) is 0 Å². The van der Waals surface area contributed by atoms with Crippen molar-refractivity contribution in [2.75, 3.05) is 27.4 Å². The summed E-state index contributed by atoms with van der Waals surface area (Å²) >= 11 is 0. The lowest BCUT2D eigenvalue weighted by atomic mass is 9.89. The van der Waals surface area contributed by atoms with Crippen molar-refractivity contribution < 1.29 is 23.0 Å². The first-order valence-corrected chi connectivity index (χ1v) is 12.1. The predicted octanol–water partition coefficient (Wildman–Crippen LogP) is 6.42. The number of ether oxygens (including phenoxy) is 3. The summed E-state index contributed by atoms with van der Waals surface area (Å²) in [4.78, 5) is 4.46. The van der Waals surface area contributed by atoms with Crippen molar-refractivity contribution in [3.63, 3.8) is 0 Å². The van der Waals surface area contributed by atoms with Gasteiger partial charge < -0.3 is 18.8 Å². The molecule has 184 valence electrons. The van der Waals surface area contributed by atoms with Gasteiger partial charge in [0.1, 0.15) is 5.82 Å². The molecule has 7 heteroatoms. The van der Waals surface area contributed by atoms with Gasteiger partial charge in [-0.3, -0.25) is 4.99 Å². The summed E-state index contributed by atoms with van der Waals surface area (Å²) in [5.41, 5.74) is 6.96. The zero-order valence-corrected chi connectivity index (χ0v) is 20.2. The van der Waals surface area contributed by atoms with Crippen molar-refractivity contribution in [2.24, 2.45) is 4.99 Å². The summed E-state index contributed by atoms with van der Waals surface area (Å²) < 4.78 is 47.5. The lowest BCUT2D eigenvalue weighted by Gasteiger charge is -2.26. The van der Waals surface area contributed by atoms with E-state index in [1.54, 1.807) is 24.3 Å². The summed E-state index contributed by atoms with van der Waals surface area (Å²) in [6.07, 6.45) is 3.59. The van der Waals surface area contributed by atoms with Gasteiger partial charge in [0.05, 0.1) is 26.3 Å². The molecule has 0 spiro atoms. The average molecular weight is 489 g/mol. The normalized spacial score (nSPS) is 15.4. The van der Waals surface area contributed by atoms with E-state index in [0.717, 1.165) is 57.4 Å². The number of benzene rings is 3. The number of methoxy groups -OCH3 is 2. The van der Waals surface area contributed by atoms with Crippen LogP contribution in [0.5, 0.6) is 11.5 Å². The topological polar surface area (TPSA) is 45.0 Å². The second-order valence-corrected chi connectivity index (χ2v) is 9.19. The molecule has 1 aromatic heterocycles. The number of fused-ring (bicyclic) bond motifs is 2. The Balaban J connectivity index is 1.73. The van der Waals surface area contributed by atoms with E-state index in [-0.39, 0.29) is 23.2 Å². The summed E-state index contributed by atoms with van der Waals surface area (Å²) in [6.45, 7) is 1.94. The molecule has 0 unspecified atom stereocenters. The molecule has 0 saturated carbocycles. The van der Waals surface area contributed by atoms with Crippen LogP contribution in [0.3, 0.4) is 0 Å². The standard InChI is InChI=1S/C29H26F2N2O3/c1-34-25-13-18(14-26(35-2)28(25)31)27-23-11-19-15-32-16-20(19)12-24(23)33(22-5-3-21(30)4-6-22)29(27)17-7-9-36-10-8-17/h3-6,11-14,16-17H,7-10,15H2,1-2H3. The van der Waals surface area contributed by atoms with E-state index in [1.807, 2.05) is 6.21 Å².